The second kappa shape index (κ2) is 13.0. The van der Waals surface area contributed by atoms with Crippen LogP contribution in [0.3, 0.4) is 0 Å². The van der Waals surface area contributed by atoms with E-state index in [1.54, 1.807) is 18.2 Å². The van der Waals surface area contributed by atoms with Gasteiger partial charge in [-0.25, -0.2) is 22.5 Å². The molecule has 1 fully saturated rings. The van der Waals surface area contributed by atoms with Gasteiger partial charge in [0.05, 0.1) is 10.7 Å². The summed E-state index contributed by atoms with van der Waals surface area (Å²) in [5, 5.41) is 14.0. The molecular formula is C26H24Cl2F4N6O3S. The Morgan fingerprint density at radius 3 is 2.57 bits per heavy atom. The number of alkyl halides is 4. The first kappa shape index (κ1) is 30.2. The molecule has 1 N–H and O–H groups in total. The van der Waals surface area contributed by atoms with E-state index in [9.17, 15) is 27.2 Å². The van der Waals surface area contributed by atoms with E-state index in [2.05, 4.69) is 20.6 Å². The number of thiazole rings is 1. The van der Waals surface area contributed by atoms with Crippen LogP contribution in [0.4, 0.5) is 17.6 Å². The number of oxime groups is 1. The van der Waals surface area contributed by atoms with Crippen LogP contribution in [0.15, 0.2) is 34.8 Å². The van der Waals surface area contributed by atoms with Gasteiger partial charge in [0.1, 0.15) is 23.6 Å². The van der Waals surface area contributed by atoms with Crippen molar-refractivity contribution in [3.05, 3.63) is 67.3 Å². The monoisotopic (exact) mass is 646 g/mol. The van der Waals surface area contributed by atoms with Crippen LogP contribution in [0.1, 0.15) is 65.7 Å². The van der Waals surface area contributed by atoms with Crippen molar-refractivity contribution < 1.29 is 32.0 Å². The summed E-state index contributed by atoms with van der Waals surface area (Å²) in [4.78, 5) is 36.9. The quantitative estimate of drug-likeness (QED) is 0.299. The standard InChI is InChI=1S/C26H24Cl2F4N6O3S/c27-15-2-1-14(16(28)7-15)10-33-25(40)21-9-17(36-41-21)19-12-42-26(34-19)13-3-5-37(6-4-13)22(39)11-38-20(24(31)32)8-18(35-38)23(29)30/h1-2,7-8,12-13,21,23-24H,3-6,9-11H2,(H,33,40). The lowest BCUT2D eigenvalue weighted by molar-refractivity contribution is -0.133. The summed E-state index contributed by atoms with van der Waals surface area (Å²) < 4.78 is 53.0. The molecule has 2 aliphatic rings. The molecule has 2 aliphatic heterocycles. The van der Waals surface area contributed by atoms with E-state index < -0.39 is 42.8 Å². The first-order valence-corrected chi connectivity index (χ1v) is 14.5. The highest BCUT2D eigenvalue weighted by atomic mass is 35.5. The Hall–Kier alpha value is -3.23. The first-order valence-electron chi connectivity index (χ1n) is 12.9. The highest BCUT2D eigenvalue weighted by molar-refractivity contribution is 7.10. The number of aromatic nitrogens is 3. The molecule has 5 rings (SSSR count). The van der Waals surface area contributed by atoms with Gasteiger partial charge in [-0.05, 0) is 36.6 Å². The van der Waals surface area contributed by atoms with Gasteiger partial charge in [0.15, 0.2) is 0 Å². The van der Waals surface area contributed by atoms with Crippen molar-refractivity contribution in [3.63, 3.8) is 0 Å². The van der Waals surface area contributed by atoms with Crippen molar-refractivity contribution in [3.8, 4) is 0 Å². The fourth-order valence-corrected chi connectivity index (χ4v) is 6.18. The van der Waals surface area contributed by atoms with E-state index in [1.807, 2.05) is 5.38 Å². The number of hydrogen-bond acceptors (Lipinski definition) is 7. The van der Waals surface area contributed by atoms with E-state index >= 15 is 0 Å². The van der Waals surface area contributed by atoms with Crippen LogP contribution in [0.5, 0.6) is 0 Å². The normalized spacial score (nSPS) is 17.6. The van der Waals surface area contributed by atoms with Crippen LogP contribution in [-0.2, 0) is 27.5 Å². The molecule has 0 spiro atoms. The fraction of sp³-hybridized carbons (Fsp3) is 0.423. The summed E-state index contributed by atoms with van der Waals surface area (Å²) >= 11 is 13.5. The number of rotatable bonds is 9. The number of hydrogen-bond donors (Lipinski definition) is 1. The minimum Gasteiger partial charge on any atom is -0.382 e. The molecule has 0 bridgehead atoms. The van der Waals surface area contributed by atoms with Gasteiger partial charge in [-0.15, -0.1) is 11.3 Å². The van der Waals surface area contributed by atoms with Crippen LogP contribution in [-0.4, -0.2) is 56.4 Å². The minimum absolute atomic E-state index is 0.0608. The second-order valence-electron chi connectivity index (χ2n) is 9.77. The Morgan fingerprint density at radius 1 is 1.12 bits per heavy atom. The van der Waals surface area contributed by atoms with Crippen LogP contribution in [0, 0.1) is 0 Å². The maximum absolute atomic E-state index is 13.3. The molecule has 1 saturated heterocycles. The molecule has 16 heteroatoms. The summed E-state index contributed by atoms with van der Waals surface area (Å²) in [7, 11) is 0. The number of likely N-dealkylation sites (tertiary alicyclic amines) is 1. The maximum Gasteiger partial charge on any atom is 0.282 e. The Morgan fingerprint density at radius 2 is 1.88 bits per heavy atom. The van der Waals surface area contributed by atoms with Crippen molar-refractivity contribution in [2.45, 2.75) is 57.2 Å². The summed E-state index contributed by atoms with van der Waals surface area (Å²) in [5.74, 6) is -0.751. The van der Waals surface area contributed by atoms with Crippen molar-refractivity contribution in [2.24, 2.45) is 5.16 Å². The Balaban J connectivity index is 1.11. The molecular weight excluding hydrogens is 623 g/mol. The van der Waals surface area contributed by atoms with Gasteiger partial charge in [0, 0.05) is 47.4 Å². The van der Waals surface area contributed by atoms with Crippen LogP contribution in [0.2, 0.25) is 10.0 Å². The number of amides is 2. The Bertz CT molecular complexity index is 1490. The van der Waals surface area contributed by atoms with Gasteiger partial charge in [-0.2, -0.15) is 5.10 Å². The summed E-state index contributed by atoms with van der Waals surface area (Å²) in [5.41, 5.74) is 0.368. The van der Waals surface area contributed by atoms with Gasteiger partial charge < -0.3 is 15.1 Å². The molecule has 9 nitrogen and oxygen atoms in total. The van der Waals surface area contributed by atoms with Gasteiger partial charge in [0.2, 0.25) is 12.0 Å². The SMILES string of the molecule is O=C(NCc1ccc(Cl)cc1Cl)C1CC(c2csc(C3CCN(C(=O)Cn4nc(C(F)F)cc4C(F)F)CC3)n2)=NO1. The number of nitrogens with zero attached hydrogens (tertiary/aromatic N) is 5. The second-order valence-corrected chi connectivity index (χ2v) is 11.5. The lowest BCUT2D eigenvalue weighted by Crippen LogP contribution is -2.40. The number of carbonyl (C=O) groups is 2. The van der Waals surface area contributed by atoms with E-state index in [-0.39, 0.29) is 24.8 Å². The predicted octanol–water partition coefficient (Wildman–Crippen LogP) is 5.74. The molecule has 2 aromatic heterocycles. The predicted molar refractivity (Wildman–Crippen MR) is 147 cm³/mol. The average Bonchev–Trinajstić information content (AvgIpc) is 3.72. The molecule has 1 aromatic carbocycles. The highest BCUT2D eigenvalue weighted by Crippen LogP contribution is 2.32. The summed E-state index contributed by atoms with van der Waals surface area (Å²) in [6.45, 7) is 0.378. The smallest absolute Gasteiger partial charge is 0.282 e. The Kier molecular flexibility index (Phi) is 9.33. The zero-order chi connectivity index (χ0) is 30.0. The van der Waals surface area contributed by atoms with Crippen LogP contribution in [0.25, 0.3) is 0 Å². The largest absolute Gasteiger partial charge is 0.382 e. The molecule has 3 aromatic rings. The number of piperidine rings is 1. The van der Waals surface area contributed by atoms with Gasteiger partial charge in [0.25, 0.3) is 18.8 Å². The van der Waals surface area contributed by atoms with Gasteiger partial charge in [-0.1, -0.05) is 34.4 Å². The summed E-state index contributed by atoms with van der Waals surface area (Å²) in [6.07, 6.45) is -5.43. The molecule has 0 saturated carbocycles. The molecule has 1 atom stereocenters. The van der Waals surface area contributed by atoms with Crippen LogP contribution >= 0.6 is 34.5 Å². The Labute approximate surface area is 251 Å². The zero-order valence-electron chi connectivity index (χ0n) is 21.8. The molecule has 4 heterocycles. The number of nitrogens with one attached hydrogen (secondary N) is 1. The summed E-state index contributed by atoms with van der Waals surface area (Å²) in [6, 6.07) is 5.64. The van der Waals surface area contributed by atoms with E-state index in [1.165, 1.54) is 16.2 Å². The lowest BCUT2D eigenvalue weighted by atomic mass is 9.97. The molecule has 0 aliphatic carbocycles. The van der Waals surface area contributed by atoms with Gasteiger partial charge >= 0.3 is 0 Å². The lowest BCUT2D eigenvalue weighted by Gasteiger charge is -2.31. The van der Waals surface area contributed by atoms with E-state index in [4.69, 9.17) is 28.0 Å². The number of benzene rings is 1. The third kappa shape index (κ3) is 6.87. The third-order valence-electron chi connectivity index (χ3n) is 7.01. The number of carbonyl (C=O) groups excluding carboxylic acids is 2. The topological polar surface area (TPSA) is 102 Å². The average molecular weight is 647 g/mol. The molecule has 224 valence electrons. The van der Waals surface area contributed by atoms with E-state index in [0.717, 1.165) is 5.01 Å². The molecule has 2 amide bonds. The fourth-order valence-electron chi connectivity index (χ4n) is 4.70. The minimum atomic E-state index is -3.03. The molecule has 0 radical (unpaired) electrons. The van der Waals surface area contributed by atoms with Gasteiger partial charge in [-0.3, -0.25) is 14.3 Å². The van der Waals surface area contributed by atoms with Crippen LogP contribution < -0.4 is 5.32 Å². The zero-order valence-corrected chi connectivity index (χ0v) is 24.1. The van der Waals surface area contributed by atoms with Crippen molar-refractivity contribution in [1.29, 1.82) is 0 Å². The highest BCUT2D eigenvalue weighted by Gasteiger charge is 2.32. The third-order valence-corrected chi connectivity index (χ3v) is 8.60. The molecule has 42 heavy (non-hydrogen) atoms. The first-order chi connectivity index (χ1) is 20.1. The van der Waals surface area contributed by atoms with Crippen molar-refractivity contribution in [1.82, 2.24) is 25.0 Å². The number of halogens is 6. The van der Waals surface area contributed by atoms with Crippen molar-refractivity contribution >= 4 is 52.1 Å². The molecule has 1 unspecified atom stereocenters. The maximum atomic E-state index is 13.3. The van der Waals surface area contributed by atoms with Crippen molar-refractivity contribution in [2.75, 3.05) is 13.1 Å². The van der Waals surface area contributed by atoms with E-state index in [0.29, 0.717) is 63.7 Å².